The number of hydrogen-bond acceptors (Lipinski definition) is 5. The van der Waals surface area contributed by atoms with Gasteiger partial charge in [-0.15, -0.1) is 22.7 Å². The first-order valence-corrected chi connectivity index (χ1v) is 18.6. The maximum Gasteiger partial charge on any atom is 0.164 e. The molecular weight excluding hydrogens is 661 g/mol. The molecule has 4 heterocycles. The molecular formula is C45H26N4S2. The minimum absolute atomic E-state index is 0.670. The summed E-state index contributed by atoms with van der Waals surface area (Å²) in [5, 5.41) is 7.68. The van der Waals surface area contributed by atoms with Crippen molar-refractivity contribution >= 4 is 84.8 Å². The fourth-order valence-electron chi connectivity index (χ4n) is 7.49. The highest BCUT2D eigenvalue weighted by Crippen LogP contribution is 2.45. The van der Waals surface area contributed by atoms with Crippen LogP contribution in [0.2, 0.25) is 0 Å². The highest BCUT2D eigenvalue weighted by atomic mass is 32.1. The Kier molecular flexibility index (Phi) is 6.26. The Morgan fingerprint density at radius 2 is 0.882 bits per heavy atom. The molecule has 7 aromatic carbocycles. The Bertz CT molecular complexity index is 3030. The second-order valence-corrected chi connectivity index (χ2v) is 15.0. The number of para-hydroxylation sites is 2. The summed E-state index contributed by atoms with van der Waals surface area (Å²) in [5.74, 6) is 2.01. The van der Waals surface area contributed by atoms with Crippen LogP contribution in [-0.4, -0.2) is 19.5 Å². The lowest BCUT2D eigenvalue weighted by molar-refractivity contribution is 1.07. The predicted molar refractivity (Wildman–Crippen MR) is 216 cm³/mol. The Morgan fingerprint density at radius 3 is 1.55 bits per heavy atom. The van der Waals surface area contributed by atoms with Crippen LogP contribution in [0.3, 0.4) is 0 Å². The first-order valence-electron chi connectivity index (χ1n) is 16.9. The van der Waals surface area contributed by atoms with Crippen LogP contribution < -0.4 is 0 Å². The molecule has 0 saturated heterocycles. The van der Waals surface area contributed by atoms with Crippen molar-refractivity contribution in [2.45, 2.75) is 0 Å². The van der Waals surface area contributed by atoms with Crippen LogP contribution in [0.5, 0.6) is 0 Å². The summed E-state index contributed by atoms with van der Waals surface area (Å²) < 4.78 is 7.55. The lowest BCUT2D eigenvalue weighted by Gasteiger charge is -2.09. The smallest absolute Gasteiger partial charge is 0.164 e. The van der Waals surface area contributed by atoms with Gasteiger partial charge in [-0.3, -0.25) is 0 Å². The lowest BCUT2D eigenvalue weighted by atomic mass is 10.1. The Morgan fingerprint density at radius 1 is 0.353 bits per heavy atom. The van der Waals surface area contributed by atoms with Crippen LogP contribution in [0.4, 0.5) is 0 Å². The molecule has 11 rings (SSSR count). The Hall–Kier alpha value is -6.21. The lowest BCUT2D eigenvalue weighted by Crippen LogP contribution is -1.99. The normalized spacial score (nSPS) is 11.9. The van der Waals surface area contributed by atoms with Crippen LogP contribution in [0, 0.1) is 0 Å². The van der Waals surface area contributed by atoms with Gasteiger partial charge in [0.25, 0.3) is 0 Å². The Labute approximate surface area is 300 Å². The molecule has 0 radical (unpaired) electrons. The molecule has 0 saturated carbocycles. The van der Waals surface area contributed by atoms with E-state index in [0.717, 1.165) is 16.7 Å². The first-order chi connectivity index (χ1) is 25.3. The van der Waals surface area contributed by atoms with Crippen molar-refractivity contribution in [3.8, 4) is 39.9 Å². The summed E-state index contributed by atoms with van der Waals surface area (Å²) >= 11 is 3.72. The molecule has 0 spiro atoms. The minimum atomic E-state index is 0.670. The summed E-state index contributed by atoms with van der Waals surface area (Å²) in [6.07, 6.45) is 0. The van der Waals surface area contributed by atoms with Crippen LogP contribution in [-0.2, 0) is 0 Å². The molecule has 0 amide bonds. The van der Waals surface area contributed by atoms with Gasteiger partial charge in [0.05, 0.1) is 21.4 Å². The average Bonchev–Trinajstić information content (AvgIpc) is 3.86. The maximum absolute atomic E-state index is 4.98. The van der Waals surface area contributed by atoms with Gasteiger partial charge < -0.3 is 4.57 Å². The van der Waals surface area contributed by atoms with Gasteiger partial charge in [-0.1, -0.05) is 121 Å². The van der Waals surface area contributed by atoms with Gasteiger partial charge in [-0.2, -0.15) is 0 Å². The van der Waals surface area contributed by atoms with E-state index in [9.17, 15) is 0 Å². The molecule has 11 aromatic rings. The van der Waals surface area contributed by atoms with E-state index < -0.39 is 0 Å². The summed E-state index contributed by atoms with van der Waals surface area (Å²) in [6, 6.07) is 55.9. The van der Waals surface area contributed by atoms with Crippen LogP contribution in [0.25, 0.3) is 102 Å². The van der Waals surface area contributed by atoms with Gasteiger partial charge in [0.15, 0.2) is 17.5 Å². The molecule has 238 valence electrons. The fraction of sp³-hybridized carbons (Fsp3) is 0. The third kappa shape index (κ3) is 4.47. The van der Waals surface area contributed by atoms with Gasteiger partial charge in [0.1, 0.15) is 0 Å². The molecule has 0 unspecified atom stereocenters. The monoisotopic (exact) mass is 686 g/mol. The largest absolute Gasteiger partial charge is 0.308 e. The zero-order valence-corrected chi connectivity index (χ0v) is 28.7. The number of aromatic nitrogens is 4. The van der Waals surface area contributed by atoms with E-state index in [0.29, 0.717) is 17.5 Å². The van der Waals surface area contributed by atoms with E-state index in [1.165, 1.54) is 67.8 Å². The minimum Gasteiger partial charge on any atom is -0.308 e. The Balaban J connectivity index is 1.07. The van der Waals surface area contributed by atoms with E-state index in [4.69, 9.17) is 15.0 Å². The standard InChI is InChI=1S/C45H26N4S2/c1-3-12-27(13-4-1)43-46-44(28-14-5-2-6-15-28)48-45(47-43)29-22-23-32-34-25-35-33-18-11-21-38(42(33)51-41(35)26-40(34)50-39(32)24-29)49-36-19-9-7-16-30(36)31-17-8-10-20-37(31)49/h1-26H. The number of thiophene rings is 2. The van der Waals surface area contributed by atoms with Gasteiger partial charge in [0.2, 0.25) is 0 Å². The summed E-state index contributed by atoms with van der Waals surface area (Å²) in [6.45, 7) is 0. The van der Waals surface area contributed by atoms with E-state index in [1.807, 2.05) is 83.3 Å². The van der Waals surface area contributed by atoms with Crippen LogP contribution in [0.1, 0.15) is 0 Å². The zero-order valence-electron chi connectivity index (χ0n) is 27.1. The van der Waals surface area contributed by atoms with E-state index in [2.05, 4.69) is 102 Å². The molecule has 0 atom stereocenters. The van der Waals surface area contributed by atoms with Crippen molar-refractivity contribution in [1.29, 1.82) is 0 Å². The van der Waals surface area contributed by atoms with E-state index >= 15 is 0 Å². The molecule has 4 aromatic heterocycles. The van der Waals surface area contributed by atoms with Gasteiger partial charge in [-0.25, -0.2) is 15.0 Å². The van der Waals surface area contributed by atoms with Crippen molar-refractivity contribution in [3.63, 3.8) is 0 Å². The van der Waals surface area contributed by atoms with Crippen LogP contribution >= 0.6 is 22.7 Å². The summed E-state index contributed by atoms with van der Waals surface area (Å²) in [5.41, 5.74) is 6.61. The number of fused-ring (bicyclic) bond motifs is 9. The SMILES string of the molecule is c1ccc(-c2nc(-c3ccccc3)nc(-c3ccc4c(c3)sc3cc5sc6c(-n7c8ccccc8c8ccccc87)cccc6c5cc34)n2)cc1. The molecule has 6 heteroatoms. The number of rotatable bonds is 4. The molecule has 51 heavy (non-hydrogen) atoms. The summed E-state index contributed by atoms with van der Waals surface area (Å²) in [4.78, 5) is 14.8. The highest BCUT2D eigenvalue weighted by Gasteiger charge is 2.18. The van der Waals surface area contributed by atoms with E-state index in [1.54, 1.807) is 0 Å². The number of nitrogens with zero attached hydrogens (tertiary/aromatic N) is 4. The fourth-order valence-corrected chi connectivity index (χ4v) is 9.96. The second-order valence-electron chi connectivity index (χ2n) is 12.8. The van der Waals surface area contributed by atoms with Crippen molar-refractivity contribution in [3.05, 3.63) is 158 Å². The zero-order chi connectivity index (χ0) is 33.5. The highest BCUT2D eigenvalue weighted by molar-refractivity contribution is 7.28. The topological polar surface area (TPSA) is 43.6 Å². The van der Waals surface area contributed by atoms with Gasteiger partial charge >= 0.3 is 0 Å². The third-order valence-electron chi connectivity index (χ3n) is 9.85. The van der Waals surface area contributed by atoms with Gasteiger partial charge in [0, 0.05) is 63.1 Å². The van der Waals surface area contributed by atoms with Crippen molar-refractivity contribution in [1.82, 2.24) is 19.5 Å². The molecule has 4 nitrogen and oxygen atoms in total. The van der Waals surface area contributed by atoms with Crippen molar-refractivity contribution in [2.75, 3.05) is 0 Å². The maximum atomic E-state index is 4.98. The van der Waals surface area contributed by atoms with Crippen LogP contribution in [0.15, 0.2) is 158 Å². The summed E-state index contributed by atoms with van der Waals surface area (Å²) in [7, 11) is 0. The van der Waals surface area contributed by atoms with Crippen molar-refractivity contribution < 1.29 is 0 Å². The quantitative estimate of drug-likeness (QED) is 0.185. The predicted octanol–water partition coefficient (Wildman–Crippen LogP) is 12.7. The number of hydrogen-bond donors (Lipinski definition) is 0. The molecule has 0 aliphatic heterocycles. The molecule has 0 fully saturated rings. The molecule has 0 N–H and O–H groups in total. The average molecular weight is 687 g/mol. The van der Waals surface area contributed by atoms with Crippen molar-refractivity contribution in [2.24, 2.45) is 0 Å². The van der Waals surface area contributed by atoms with Gasteiger partial charge in [-0.05, 0) is 36.4 Å². The molecule has 0 aliphatic carbocycles. The molecule has 0 bridgehead atoms. The molecule has 0 aliphatic rings. The third-order valence-corrected chi connectivity index (χ3v) is 12.2. The number of benzene rings is 7. The first kappa shape index (κ1) is 28.6. The second kappa shape index (κ2) is 11.2. The van der Waals surface area contributed by atoms with E-state index in [-0.39, 0.29) is 0 Å².